The van der Waals surface area contributed by atoms with Crippen molar-refractivity contribution in [2.45, 2.75) is 92.0 Å². The molecule has 7 nitrogen and oxygen atoms in total. The van der Waals surface area contributed by atoms with Crippen molar-refractivity contribution in [3.05, 3.63) is 0 Å². The molecule has 0 aromatic rings. The van der Waals surface area contributed by atoms with Crippen molar-refractivity contribution in [1.82, 2.24) is 0 Å². The summed E-state index contributed by atoms with van der Waals surface area (Å²) in [6.07, 6.45) is 1.14. The number of carbonyl (C=O) groups is 2. The summed E-state index contributed by atoms with van der Waals surface area (Å²) in [5.41, 5.74) is -3.38. The van der Waals surface area contributed by atoms with Gasteiger partial charge in [-0.2, -0.15) is 4.21 Å². The second kappa shape index (κ2) is 7.36. The van der Waals surface area contributed by atoms with Gasteiger partial charge in [-0.3, -0.25) is 13.5 Å². The number of carbonyl (C=O) groups excluding carboxylic acids is 2. The predicted molar refractivity (Wildman–Crippen MR) is 104 cm³/mol. The van der Waals surface area contributed by atoms with Gasteiger partial charge in [0.15, 0.2) is 6.10 Å². The van der Waals surface area contributed by atoms with Gasteiger partial charge < -0.3 is 9.47 Å². The van der Waals surface area contributed by atoms with Crippen molar-refractivity contribution in [3.63, 3.8) is 0 Å². The van der Waals surface area contributed by atoms with E-state index in [0.717, 1.165) is 12.8 Å². The number of esters is 2. The zero-order chi connectivity index (χ0) is 21.7. The maximum absolute atomic E-state index is 12.9. The van der Waals surface area contributed by atoms with Crippen LogP contribution in [0, 0.1) is 22.7 Å². The zero-order valence-corrected chi connectivity index (χ0v) is 19.0. The minimum atomic E-state index is -2.50. The van der Waals surface area contributed by atoms with Crippen molar-refractivity contribution in [3.8, 4) is 0 Å². The summed E-state index contributed by atoms with van der Waals surface area (Å²) >= 11 is -2.50. The number of ether oxygens (including phenoxy) is 2. The summed E-state index contributed by atoms with van der Waals surface area (Å²) < 4.78 is 37.7. The van der Waals surface area contributed by atoms with E-state index in [0.29, 0.717) is 6.42 Å². The Morgan fingerprint density at radius 1 is 1.29 bits per heavy atom. The van der Waals surface area contributed by atoms with E-state index in [1.165, 1.54) is 6.92 Å². The standard InChI is InChI=1S/C20H34O7S/c1-9-17(4,5)16(22)25-13(3)15(21)26-20(8)18(6)11-10-14(12(18)2)19(20,7)27-28(23)24/h12-14H,9-11H2,1-8H3,(H,23,24). The van der Waals surface area contributed by atoms with Crippen LogP contribution in [-0.4, -0.2) is 38.0 Å². The average molecular weight is 419 g/mol. The first-order valence-corrected chi connectivity index (χ1v) is 10.9. The van der Waals surface area contributed by atoms with Gasteiger partial charge in [-0.05, 0) is 65.7 Å². The lowest BCUT2D eigenvalue weighted by Gasteiger charge is -2.51. The summed E-state index contributed by atoms with van der Waals surface area (Å²) in [7, 11) is 0. The molecule has 7 atom stereocenters. The molecule has 0 aromatic heterocycles. The van der Waals surface area contributed by atoms with E-state index in [2.05, 4.69) is 6.92 Å². The number of hydrogen-bond acceptors (Lipinski definition) is 6. The van der Waals surface area contributed by atoms with Gasteiger partial charge in [-0.1, -0.05) is 20.8 Å². The van der Waals surface area contributed by atoms with Crippen LogP contribution in [0.2, 0.25) is 0 Å². The van der Waals surface area contributed by atoms with Crippen LogP contribution in [0.15, 0.2) is 0 Å². The molecular weight excluding hydrogens is 384 g/mol. The molecule has 0 saturated heterocycles. The zero-order valence-electron chi connectivity index (χ0n) is 18.2. The van der Waals surface area contributed by atoms with Crippen molar-refractivity contribution >= 4 is 23.3 Å². The highest BCUT2D eigenvalue weighted by molar-refractivity contribution is 7.74. The molecule has 2 rings (SSSR count). The number of hydrogen-bond donors (Lipinski definition) is 1. The molecule has 2 aliphatic rings. The minimum absolute atomic E-state index is 0.0247. The van der Waals surface area contributed by atoms with Crippen LogP contribution < -0.4 is 0 Å². The quantitative estimate of drug-likeness (QED) is 0.498. The third kappa shape index (κ3) is 3.31. The van der Waals surface area contributed by atoms with Gasteiger partial charge in [0.25, 0.3) is 0 Å². The molecule has 28 heavy (non-hydrogen) atoms. The molecule has 0 amide bonds. The van der Waals surface area contributed by atoms with Crippen molar-refractivity contribution in [2.75, 3.05) is 0 Å². The Hall–Kier alpha value is -0.990. The van der Waals surface area contributed by atoms with Crippen LogP contribution >= 0.6 is 0 Å². The lowest BCUT2D eigenvalue weighted by atomic mass is 9.66. The van der Waals surface area contributed by atoms with Gasteiger partial charge in [0.05, 0.1) is 5.41 Å². The van der Waals surface area contributed by atoms with Crippen LogP contribution in [0.1, 0.15) is 74.7 Å². The van der Waals surface area contributed by atoms with Gasteiger partial charge in [0.2, 0.25) is 0 Å². The van der Waals surface area contributed by atoms with Crippen LogP contribution in [-0.2, 0) is 34.6 Å². The van der Waals surface area contributed by atoms with E-state index in [1.807, 2.05) is 13.8 Å². The van der Waals surface area contributed by atoms with E-state index >= 15 is 0 Å². The maximum atomic E-state index is 12.9. The normalized spacial score (nSPS) is 39.5. The van der Waals surface area contributed by atoms with Crippen LogP contribution in [0.5, 0.6) is 0 Å². The first-order valence-electron chi connectivity index (χ1n) is 9.90. The second-order valence-electron chi connectivity index (χ2n) is 9.50. The second-order valence-corrected chi connectivity index (χ2v) is 10.1. The summed E-state index contributed by atoms with van der Waals surface area (Å²) in [6.45, 7) is 14.5. The summed E-state index contributed by atoms with van der Waals surface area (Å²) in [5, 5.41) is 0. The molecule has 2 fully saturated rings. The molecule has 2 bridgehead atoms. The Morgan fingerprint density at radius 2 is 1.86 bits per heavy atom. The molecule has 0 aromatic carbocycles. The van der Waals surface area contributed by atoms with E-state index in [9.17, 15) is 18.4 Å². The van der Waals surface area contributed by atoms with Crippen molar-refractivity contribution < 1.29 is 32.0 Å². The van der Waals surface area contributed by atoms with Crippen molar-refractivity contribution in [2.24, 2.45) is 22.7 Å². The average Bonchev–Trinajstić information content (AvgIpc) is 2.94. The van der Waals surface area contributed by atoms with Gasteiger partial charge >= 0.3 is 23.3 Å². The molecule has 2 aliphatic carbocycles. The smallest absolute Gasteiger partial charge is 0.347 e. The van der Waals surface area contributed by atoms with Gasteiger partial charge in [-0.15, -0.1) is 0 Å². The first-order chi connectivity index (χ1) is 12.7. The Kier molecular flexibility index (Phi) is 6.12. The Morgan fingerprint density at radius 3 is 2.36 bits per heavy atom. The lowest BCUT2D eigenvalue weighted by molar-refractivity contribution is -0.219. The highest BCUT2D eigenvalue weighted by Crippen LogP contribution is 2.69. The molecule has 0 radical (unpaired) electrons. The van der Waals surface area contributed by atoms with Crippen LogP contribution in [0.25, 0.3) is 0 Å². The molecule has 1 N–H and O–H groups in total. The molecule has 0 aliphatic heterocycles. The van der Waals surface area contributed by atoms with Crippen LogP contribution in [0.4, 0.5) is 0 Å². The molecule has 8 heteroatoms. The largest absolute Gasteiger partial charge is 0.453 e. The SMILES string of the molecule is CCC(C)(C)C(=O)OC(C)C(=O)OC1(C)C2(C)CCC(C2C)C1(C)OS(=O)O. The van der Waals surface area contributed by atoms with E-state index in [4.69, 9.17) is 13.7 Å². The fourth-order valence-electron chi connectivity index (χ4n) is 5.03. The maximum Gasteiger partial charge on any atom is 0.347 e. The monoisotopic (exact) mass is 418 g/mol. The molecule has 162 valence electrons. The number of rotatable bonds is 7. The Bertz CT molecular complexity index is 677. The van der Waals surface area contributed by atoms with Crippen LogP contribution in [0.3, 0.4) is 0 Å². The first kappa shape index (κ1) is 23.3. The lowest BCUT2D eigenvalue weighted by Crippen LogP contribution is -2.62. The van der Waals surface area contributed by atoms with E-state index in [1.54, 1.807) is 27.7 Å². The topological polar surface area (TPSA) is 99.1 Å². The third-order valence-corrected chi connectivity index (χ3v) is 8.42. The number of fused-ring (bicyclic) bond motifs is 2. The van der Waals surface area contributed by atoms with E-state index in [-0.39, 0.29) is 11.8 Å². The highest BCUT2D eigenvalue weighted by atomic mass is 32.2. The molecule has 7 unspecified atom stereocenters. The Balaban J connectivity index is 2.27. The summed E-state index contributed by atoms with van der Waals surface area (Å²) in [6, 6.07) is 0. The fraction of sp³-hybridized carbons (Fsp3) is 0.900. The fourth-order valence-corrected chi connectivity index (χ4v) is 5.61. The third-order valence-electron chi connectivity index (χ3n) is 7.93. The molecule has 0 heterocycles. The molecule has 0 spiro atoms. The van der Waals surface area contributed by atoms with Gasteiger partial charge in [0, 0.05) is 5.41 Å². The van der Waals surface area contributed by atoms with Gasteiger partial charge in [-0.25, -0.2) is 4.79 Å². The van der Waals surface area contributed by atoms with Gasteiger partial charge in [0.1, 0.15) is 11.2 Å². The minimum Gasteiger partial charge on any atom is -0.453 e. The summed E-state index contributed by atoms with van der Waals surface area (Å²) in [4.78, 5) is 25.2. The van der Waals surface area contributed by atoms with E-state index < -0.39 is 51.4 Å². The highest BCUT2D eigenvalue weighted by Gasteiger charge is 2.76. The predicted octanol–water partition coefficient (Wildman–Crippen LogP) is 3.63. The summed E-state index contributed by atoms with van der Waals surface area (Å²) in [5.74, 6) is -1.03. The molecule has 2 saturated carbocycles. The van der Waals surface area contributed by atoms with Crippen molar-refractivity contribution in [1.29, 1.82) is 0 Å². The Labute approximate surface area is 170 Å². The molecular formula is C20H34O7S.